The van der Waals surface area contributed by atoms with Crippen LogP contribution in [0.4, 0.5) is 0 Å². The van der Waals surface area contributed by atoms with Crippen LogP contribution < -0.4 is 0 Å². The molecule has 9 nitrogen and oxygen atoms in total. The molecule has 0 radical (unpaired) electrons. The van der Waals surface area contributed by atoms with Crippen LogP contribution in [0.2, 0.25) is 0 Å². The molecule has 1 aliphatic carbocycles. The minimum Gasteiger partial charge on any atom is -0.390 e. The summed E-state index contributed by atoms with van der Waals surface area (Å²) in [7, 11) is 0. The molecule has 5 rings (SSSR count). The number of hydrogen-bond donors (Lipinski definition) is 2. The van der Waals surface area contributed by atoms with E-state index in [0.717, 1.165) is 6.42 Å². The van der Waals surface area contributed by atoms with E-state index in [1.807, 2.05) is 34.6 Å². The van der Waals surface area contributed by atoms with Gasteiger partial charge in [-0.15, -0.1) is 0 Å². The highest BCUT2D eigenvalue weighted by Crippen LogP contribution is 2.64. The van der Waals surface area contributed by atoms with Gasteiger partial charge in [0.05, 0.1) is 54.4 Å². The van der Waals surface area contributed by atoms with Crippen molar-refractivity contribution in [3.8, 4) is 0 Å². The number of fused-ring (bicyclic) bond motifs is 1. The van der Waals surface area contributed by atoms with Gasteiger partial charge in [-0.05, 0) is 58.3 Å². The lowest BCUT2D eigenvalue weighted by Gasteiger charge is -2.48. The standard InChI is InChI=1S/C35H62O9/c1-13-24-30(17(5)15(3)21(9)38-24)42-33-19(7)26-27(22(10)39-33)35(26,12)44-34-20(8)29(37)31(25(14-2)41-34)43-32-18(6)16(4)28(36)23(11)40-32/h15-34,36-37H,13-14H2,1-12H3/t15?,16?,17?,18?,19?,20?,21-,22?,23?,24?,25?,26-,27-,28+,29-,30+,31+,32-,33-,34+,35?/m1/s1. The highest BCUT2D eigenvalue weighted by atomic mass is 16.7. The fourth-order valence-corrected chi connectivity index (χ4v) is 8.95. The van der Waals surface area contributed by atoms with E-state index in [-0.39, 0.29) is 78.4 Å². The van der Waals surface area contributed by atoms with Crippen molar-refractivity contribution in [2.24, 2.45) is 47.3 Å². The molecule has 5 aliphatic rings. The van der Waals surface area contributed by atoms with Gasteiger partial charge in [0.1, 0.15) is 6.10 Å². The molecule has 4 saturated heterocycles. The minimum absolute atomic E-state index is 0.0162. The van der Waals surface area contributed by atoms with Crippen molar-refractivity contribution < 1.29 is 43.4 Å². The zero-order valence-corrected chi connectivity index (χ0v) is 29.2. The molecule has 2 N–H and O–H groups in total. The monoisotopic (exact) mass is 626 g/mol. The van der Waals surface area contributed by atoms with E-state index in [4.69, 9.17) is 33.2 Å². The Morgan fingerprint density at radius 1 is 0.523 bits per heavy atom. The van der Waals surface area contributed by atoms with Gasteiger partial charge >= 0.3 is 0 Å². The zero-order valence-electron chi connectivity index (χ0n) is 29.2. The molecule has 5 fully saturated rings. The molecule has 21 atom stereocenters. The third-order valence-electron chi connectivity index (χ3n) is 12.7. The van der Waals surface area contributed by atoms with Crippen LogP contribution in [0.25, 0.3) is 0 Å². The highest BCUT2D eigenvalue weighted by Gasteiger charge is 2.72. The van der Waals surface area contributed by atoms with E-state index in [0.29, 0.717) is 18.3 Å². The van der Waals surface area contributed by atoms with Gasteiger partial charge < -0.3 is 43.4 Å². The van der Waals surface area contributed by atoms with Crippen molar-refractivity contribution in [1.29, 1.82) is 0 Å². The molecule has 0 aromatic heterocycles. The lowest BCUT2D eigenvalue weighted by atomic mass is 9.81. The van der Waals surface area contributed by atoms with E-state index in [1.165, 1.54) is 0 Å². The molecule has 9 heteroatoms. The second kappa shape index (κ2) is 13.3. The number of aliphatic hydroxyl groups is 2. The lowest BCUT2D eigenvalue weighted by Crippen LogP contribution is -2.59. The summed E-state index contributed by atoms with van der Waals surface area (Å²) in [6, 6.07) is 0. The van der Waals surface area contributed by atoms with Gasteiger partial charge in [0.2, 0.25) is 0 Å². The molecule has 0 bridgehead atoms. The van der Waals surface area contributed by atoms with Crippen LogP contribution in [-0.2, 0) is 33.2 Å². The highest BCUT2D eigenvalue weighted by molar-refractivity contribution is 5.17. The van der Waals surface area contributed by atoms with Gasteiger partial charge in [0.25, 0.3) is 0 Å². The van der Waals surface area contributed by atoms with Crippen LogP contribution in [-0.4, -0.2) is 89.6 Å². The predicted molar refractivity (Wildman–Crippen MR) is 165 cm³/mol. The Morgan fingerprint density at radius 2 is 1.09 bits per heavy atom. The van der Waals surface area contributed by atoms with Crippen LogP contribution in [0, 0.1) is 47.3 Å². The van der Waals surface area contributed by atoms with Gasteiger partial charge in [0, 0.05) is 29.6 Å². The third kappa shape index (κ3) is 6.05. The molecule has 0 amide bonds. The van der Waals surface area contributed by atoms with Crippen LogP contribution in [0.1, 0.15) is 95.9 Å². The van der Waals surface area contributed by atoms with Gasteiger partial charge in [-0.2, -0.15) is 0 Å². The first-order chi connectivity index (χ1) is 20.7. The molecule has 11 unspecified atom stereocenters. The van der Waals surface area contributed by atoms with Crippen molar-refractivity contribution in [1.82, 2.24) is 0 Å². The number of aliphatic hydroxyl groups excluding tert-OH is 2. The first-order valence-electron chi connectivity index (χ1n) is 17.6. The molecule has 0 aromatic rings. The number of rotatable bonds is 8. The number of ether oxygens (including phenoxy) is 7. The maximum atomic E-state index is 11.6. The summed E-state index contributed by atoms with van der Waals surface area (Å²) >= 11 is 0. The largest absolute Gasteiger partial charge is 0.390 e. The minimum atomic E-state index is -0.790. The second-order valence-electron chi connectivity index (χ2n) is 15.3. The molecule has 0 spiro atoms. The van der Waals surface area contributed by atoms with Crippen molar-refractivity contribution in [2.45, 2.75) is 175 Å². The Balaban J connectivity index is 1.25. The summed E-state index contributed by atoms with van der Waals surface area (Å²) in [6.45, 7) is 25.3. The summed E-state index contributed by atoms with van der Waals surface area (Å²) in [5.74, 6) is 1.05. The van der Waals surface area contributed by atoms with E-state index < -0.39 is 36.5 Å². The maximum absolute atomic E-state index is 11.6. The SMILES string of the molecule is CCC1O[C@H](C)C(C)C(C)[C@@H]1O[C@H]1OC(C)[C@@H]2[C@@H](C1C)C2(C)O[C@@H]1OC(CC)[C@H](O[C@H]2OC(C)[C@@H](O)C(C)C2C)[C@H](O)C1C. The quantitative estimate of drug-likeness (QED) is 0.379. The molecular weight excluding hydrogens is 564 g/mol. The van der Waals surface area contributed by atoms with Gasteiger partial charge in [-0.1, -0.05) is 55.4 Å². The average molecular weight is 627 g/mol. The summed E-state index contributed by atoms with van der Waals surface area (Å²) in [6.07, 6.45) is -2.23. The summed E-state index contributed by atoms with van der Waals surface area (Å²) < 4.78 is 45.7. The van der Waals surface area contributed by atoms with Crippen LogP contribution in [0.15, 0.2) is 0 Å². The normalized spacial score (nSPS) is 58.0. The molecule has 256 valence electrons. The molecular formula is C35H62O9. The Hall–Kier alpha value is -0.360. The Morgan fingerprint density at radius 3 is 1.73 bits per heavy atom. The lowest BCUT2D eigenvalue weighted by molar-refractivity contribution is -0.342. The van der Waals surface area contributed by atoms with Crippen molar-refractivity contribution in [2.75, 3.05) is 0 Å². The van der Waals surface area contributed by atoms with Gasteiger partial charge in [-0.3, -0.25) is 0 Å². The zero-order chi connectivity index (χ0) is 32.4. The summed E-state index contributed by atoms with van der Waals surface area (Å²) in [5.41, 5.74) is -0.454. The smallest absolute Gasteiger partial charge is 0.163 e. The van der Waals surface area contributed by atoms with Gasteiger partial charge in [-0.25, -0.2) is 0 Å². The topological polar surface area (TPSA) is 105 Å². The molecule has 1 saturated carbocycles. The average Bonchev–Trinajstić information content (AvgIpc) is 3.62. The predicted octanol–water partition coefficient (Wildman–Crippen LogP) is 5.14. The second-order valence-corrected chi connectivity index (χ2v) is 15.3. The van der Waals surface area contributed by atoms with Crippen LogP contribution in [0.3, 0.4) is 0 Å². The van der Waals surface area contributed by atoms with E-state index in [2.05, 4.69) is 48.5 Å². The molecule has 44 heavy (non-hydrogen) atoms. The van der Waals surface area contributed by atoms with E-state index in [9.17, 15) is 10.2 Å². The van der Waals surface area contributed by atoms with E-state index in [1.54, 1.807) is 0 Å². The maximum Gasteiger partial charge on any atom is 0.163 e. The Kier molecular flexibility index (Phi) is 10.5. The molecule has 4 aliphatic heterocycles. The first kappa shape index (κ1) is 35.0. The van der Waals surface area contributed by atoms with Crippen molar-refractivity contribution in [3.63, 3.8) is 0 Å². The van der Waals surface area contributed by atoms with E-state index >= 15 is 0 Å². The molecule has 4 heterocycles. The third-order valence-corrected chi connectivity index (χ3v) is 12.7. The first-order valence-corrected chi connectivity index (χ1v) is 17.6. The fraction of sp³-hybridized carbons (Fsp3) is 1.00. The van der Waals surface area contributed by atoms with Crippen LogP contribution >= 0.6 is 0 Å². The van der Waals surface area contributed by atoms with Crippen molar-refractivity contribution in [3.05, 3.63) is 0 Å². The molecule has 0 aromatic carbocycles. The van der Waals surface area contributed by atoms with Crippen LogP contribution in [0.5, 0.6) is 0 Å². The summed E-state index contributed by atoms with van der Waals surface area (Å²) in [5, 5.41) is 22.0. The summed E-state index contributed by atoms with van der Waals surface area (Å²) in [4.78, 5) is 0. The Bertz CT molecular complexity index is 962. The Labute approximate surface area is 266 Å². The fourth-order valence-electron chi connectivity index (χ4n) is 8.95. The number of hydrogen-bond acceptors (Lipinski definition) is 9. The van der Waals surface area contributed by atoms with Crippen molar-refractivity contribution >= 4 is 0 Å². The van der Waals surface area contributed by atoms with Gasteiger partial charge in [0.15, 0.2) is 18.9 Å².